The molecule has 30 heavy (non-hydrogen) atoms. The SMILES string of the molecule is Cc1nn(-c2ccccc2F)c(C)c1C1COCCN1Cc1nnc2n1CCOC2. The van der Waals surface area contributed by atoms with Gasteiger partial charge in [-0.2, -0.15) is 5.10 Å². The molecule has 0 radical (unpaired) electrons. The standard InChI is InChI=1S/C21H25FN6O2/c1-14-21(15(2)28(25-14)17-6-4-3-5-16(17)22)18-12-29-9-7-26(18)11-19-23-24-20-13-30-10-8-27(19)20/h3-6,18H,7-13H2,1-2H3. The van der Waals surface area contributed by atoms with Gasteiger partial charge in [-0.25, -0.2) is 9.07 Å². The van der Waals surface area contributed by atoms with Gasteiger partial charge >= 0.3 is 0 Å². The number of para-hydroxylation sites is 1. The van der Waals surface area contributed by atoms with E-state index >= 15 is 0 Å². The first-order valence-corrected chi connectivity index (χ1v) is 10.2. The molecular formula is C21H25FN6O2. The highest BCUT2D eigenvalue weighted by Crippen LogP contribution is 2.32. The van der Waals surface area contributed by atoms with Crippen LogP contribution in [-0.2, 0) is 29.2 Å². The summed E-state index contributed by atoms with van der Waals surface area (Å²) in [4.78, 5) is 2.36. The van der Waals surface area contributed by atoms with E-state index in [1.807, 2.05) is 19.9 Å². The maximum absolute atomic E-state index is 14.4. The van der Waals surface area contributed by atoms with Gasteiger partial charge in [0.1, 0.15) is 23.9 Å². The number of aryl methyl sites for hydroxylation is 1. The molecule has 1 atom stereocenters. The van der Waals surface area contributed by atoms with Gasteiger partial charge < -0.3 is 14.0 Å². The zero-order valence-corrected chi connectivity index (χ0v) is 17.2. The largest absolute Gasteiger partial charge is 0.378 e. The average molecular weight is 412 g/mol. The van der Waals surface area contributed by atoms with E-state index < -0.39 is 0 Å². The van der Waals surface area contributed by atoms with Gasteiger partial charge in [-0.1, -0.05) is 12.1 Å². The quantitative estimate of drug-likeness (QED) is 0.655. The Morgan fingerprint density at radius 2 is 1.93 bits per heavy atom. The highest BCUT2D eigenvalue weighted by molar-refractivity contribution is 5.39. The third kappa shape index (κ3) is 3.32. The fourth-order valence-corrected chi connectivity index (χ4v) is 4.44. The van der Waals surface area contributed by atoms with Crippen molar-refractivity contribution in [3.8, 4) is 5.69 Å². The Bertz CT molecular complexity index is 1060. The number of rotatable bonds is 4. The van der Waals surface area contributed by atoms with E-state index in [9.17, 15) is 4.39 Å². The van der Waals surface area contributed by atoms with Gasteiger partial charge in [0, 0.05) is 24.3 Å². The monoisotopic (exact) mass is 412 g/mol. The molecule has 2 aromatic heterocycles. The van der Waals surface area contributed by atoms with Crippen molar-refractivity contribution < 1.29 is 13.9 Å². The van der Waals surface area contributed by atoms with Crippen LogP contribution < -0.4 is 0 Å². The third-order valence-electron chi connectivity index (χ3n) is 5.94. The molecule has 4 heterocycles. The Hall–Kier alpha value is -2.62. The molecule has 3 aromatic rings. The normalized spacial score (nSPS) is 19.8. The summed E-state index contributed by atoms with van der Waals surface area (Å²) in [5, 5.41) is 13.4. The number of aromatic nitrogens is 5. The predicted molar refractivity (Wildman–Crippen MR) is 107 cm³/mol. The Kier molecular flexibility index (Phi) is 5.10. The van der Waals surface area contributed by atoms with E-state index in [0.29, 0.717) is 38.7 Å². The second kappa shape index (κ2) is 7.90. The first-order chi connectivity index (χ1) is 14.6. The highest BCUT2D eigenvalue weighted by atomic mass is 19.1. The Labute approximate surface area is 174 Å². The van der Waals surface area contributed by atoms with E-state index in [1.165, 1.54) is 6.07 Å². The summed E-state index contributed by atoms with van der Waals surface area (Å²) in [7, 11) is 0. The van der Waals surface area contributed by atoms with Crippen LogP contribution in [-0.4, -0.2) is 55.8 Å². The third-order valence-corrected chi connectivity index (χ3v) is 5.94. The van der Waals surface area contributed by atoms with Crippen molar-refractivity contribution in [3.05, 3.63) is 58.7 Å². The van der Waals surface area contributed by atoms with Crippen LogP contribution in [0.15, 0.2) is 24.3 Å². The van der Waals surface area contributed by atoms with Crippen molar-refractivity contribution in [1.29, 1.82) is 0 Å². The van der Waals surface area contributed by atoms with Crippen molar-refractivity contribution >= 4 is 0 Å². The summed E-state index contributed by atoms with van der Waals surface area (Å²) in [6.45, 7) is 8.61. The van der Waals surface area contributed by atoms with E-state index in [0.717, 1.165) is 41.7 Å². The molecular weight excluding hydrogens is 387 g/mol. The molecule has 2 aliphatic heterocycles. The van der Waals surface area contributed by atoms with E-state index in [-0.39, 0.29) is 11.9 Å². The minimum absolute atomic E-state index is 0.0204. The molecule has 5 rings (SSSR count). The molecule has 0 saturated carbocycles. The summed E-state index contributed by atoms with van der Waals surface area (Å²) >= 11 is 0. The Morgan fingerprint density at radius 1 is 1.10 bits per heavy atom. The average Bonchev–Trinajstić information content (AvgIpc) is 3.29. The number of morpholine rings is 1. The molecule has 9 heteroatoms. The van der Waals surface area contributed by atoms with E-state index in [2.05, 4.69) is 24.8 Å². The second-order valence-corrected chi connectivity index (χ2v) is 7.75. The first-order valence-electron chi connectivity index (χ1n) is 10.2. The molecule has 0 bridgehead atoms. The van der Waals surface area contributed by atoms with Crippen molar-refractivity contribution in [2.75, 3.05) is 26.4 Å². The van der Waals surface area contributed by atoms with Gasteiger partial charge in [-0.15, -0.1) is 10.2 Å². The molecule has 0 N–H and O–H groups in total. The van der Waals surface area contributed by atoms with Crippen LogP contribution in [0.5, 0.6) is 0 Å². The summed E-state index contributed by atoms with van der Waals surface area (Å²) < 4.78 is 29.6. The molecule has 158 valence electrons. The number of halogens is 1. The zero-order chi connectivity index (χ0) is 20.7. The van der Waals surface area contributed by atoms with Crippen molar-refractivity contribution in [2.24, 2.45) is 0 Å². The lowest BCUT2D eigenvalue weighted by Gasteiger charge is -2.35. The lowest BCUT2D eigenvalue weighted by Crippen LogP contribution is -2.40. The molecule has 8 nitrogen and oxygen atoms in total. The van der Waals surface area contributed by atoms with Crippen LogP contribution in [0, 0.1) is 19.7 Å². The fourth-order valence-electron chi connectivity index (χ4n) is 4.44. The van der Waals surface area contributed by atoms with Crippen LogP contribution in [0.4, 0.5) is 4.39 Å². The minimum atomic E-state index is -0.288. The zero-order valence-electron chi connectivity index (χ0n) is 17.2. The Morgan fingerprint density at radius 3 is 2.80 bits per heavy atom. The number of ether oxygens (including phenoxy) is 2. The molecule has 0 spiro atoms. The minimum Gasteiger partial charge on any atom is -0.378 e. The molecule has 2 aliphatic rings. The highest BCUT2D eigenvalue weighted by Gasteiger charge is 2.31. The number of hydrogen-bond acceptors (Lipinski definition) is 6. The predicted octanol–water partition coefficient (Wildman–Crippen LogP) is 2.32. The molecule has 1 saturated heterocycles. The van der Waals surface area contributed by atoms with Crippen LogP contribution in [0.1, 0.15) is 34.6 Å². The number of fused-ring (bicyclic) bond motifs is 1. The van der Waals surface area contributed by atoms with Gasteiger partial charge in [-0.3, -0.25) is 4.90 Å². The van der Waals surface area contributed by atoms with Gasteiger partial charge in [0.05, 0.1) is 38.1 Å². The summed E-state index contributed by atoms with van der Waals surface area (Å²) in [6, 6.07) is 6.74. The van der Waals surface area contributed by atoms with Crippen LogP contribution in [0.25, 0.3) is 5.69 Å². The number of hydrogen-bond donors (Lipinski definition) is 0. The molecule has 0 aliphatic carbocycles. The molecule has 0 amide bonds. The van der Waals surface area contributed by atoms with E-state index in [4.69, 9.17) is 9.47 Å². The molecule has 1 unspecified atom stereocenters. The summed E-state index contributed by atoms with van der Waals surface area (Å²) in [5.74, 6) is 1.53. The number of benzene rings is 1. The number of nitrogens with zero attached hydrogens (tertiary/aromatic N) is 6. The van der Waals surface area contributed by atoms with Gasteiger partial charge in [0.15, 0.2) is 5.82 Å². The molecule has 1 fully saturated rings. The smallest absolute Gasteiger partial charge is 0.159 e. The van der Waals surface area contributed by atoms with Crippen LogP contribution >= 0.6 is 0 Å². The van der Waals surface area contributed by atoms with Gasteiger partial charge in [0.2, 0.25) is 0 Å². The Balaban J connectivity index is 1.48. The van der Waals surface area contributed by atoms with Gasteiger partial charge in [-0.05, 0) is 26.0 Å². The fraction of sp³-hybridized carbons (Fsp3) is 0.476. The molecule has 1 aromatic carbocycles. The second-order valence-electron chi connectivity index (χ2n) is 7.75. The van der Waals surface area contributed by atoms with Crippen LogP contribution in [0.2, 0.25) is 0 Å². The van der Waals surface area contributed by atoms with Gasteiger partial charge in [0.25, 0.3) is 0 Å². The van der Waals surface area contributed by atoms with Crippen molar-refractivity contribution in [1.82, 2.24) is 29.4 Å². The van der Waals surface area contributed by atoms with E-state index in [1.54, 1.807) is 16.8 Å². The lowest BCUT2D eigenvalue weighted by molar-refractivity contribution is -0.0153. The maximum Gasteiger partial charge on any atom is 0.159 e. The first kappa shape index (κ1) is 19.3. The van der Waals surface area contributed by atoms with Crippen molar-refractivity contribution in [2.45, 2.75) is 39.6 Å². The topological polar surface area (TPSA) is 70.2 Å². The summed E-state index contributed by atoms with van der Waals surface area (Å²) in [5.41, 5.74) is 3.35. The lowest BCUT2D eigenvalue weighted by atomic mass is 10.0. The maximum atomic E-state index is 14.4. The van der Waals surface area contributed by atoms with Crippen LogP contribution in [0.3, 0.4) is 0 Å². The summed E-state index contributed by atoms with van der Waals surface area (Å²) in [6.07, 6.45) is 0. The van der Waals surface area contributed by atoms with Crippen molar-refractivity contribution in [3.63, 3.8) is 0 Å².